The molecule has 0 unspecified atom stereocenters. The Morgan fingerprint density at radius 1 is 0.968 bits per heavy atom. The molecule has 0 saturated heterocycles. The number of phenols is 1. The maximum absolute atomic E-state index is 13.8. The predicted octanol–water partition coefficient (Wildman–Crippen LogP) is 4.40. The summed E-state index contributed by atoms with van der Waals surface area (Å²) in [6.07, 6.45) is 5.18. The van der Waals surface area contributed by atoms with Gasteiger partial charge in [0.15, 0.2) is 11.5 Å². The van der Waals surface area contributed by atoms with Crippen LogP contribution in [0.3, 0.4) is 0 Å². The highest BCUT2D eigenvalue weighted by Gasteiger charge is 2.17. The molecule has 0 atom stereocenters. The normalized spacial score (nSPS) is 11.5. The molecular weight excluding hydrogens is 397 g/mol. The molecule has 150 valence electrons. The molecule has 0 fully saturated rings. The van der Waals surface area contributed by atoms with Crippen molar-refractivity contribution in [2.24, 2.45) is 0 Å². The lowest BCUT2D eigenvalue weighted by Crippen LogP contribution is -1.85. The Balaban J connectivity index is 1.53. The van der Waals surface area contributed by atoms with E-state index in [0.29, 0.717) is 33.8 Å². The highest BCUT2D eigenvalue weighted by atomic mass is 19.1. The van der Waals surface area contributed by atoms with E-state index in [-0.39, 0.29) is 5.75 Å². The van der Waals surface area contributed by atoms with Gasteiger partial charge in [-0.2, -0.15) is 10.2 Å². The zero-order valence-corrected chi connectivity index (χ0v) is 15.9. The Morgan fingerprint density at radius 2 is 1.90 bits per heavy atom. The zero-order chi connectivity index (χ0) is 20.9. The summed E-state index contributed by atoms with van der Waals surface area (Å²) in [5, 5.41) is 25.0. The van der Waals surface area contributed by atoms with Gasteiger partial charge in [-0.25, -0.2) is 14.4 Å². The van der Waals surface area contributed by atoms with Gasteiger partial charge in [-0.05, 0) is 41.5 Å². The maximum atomic E-state index is 13.8. The second-order valence-electron chi connectivity index (χ2n) is 7.16. The first kappa shape index (κ1) is 17.3. The highest BCUT2D eigenvalue weighted by molar-refractivity contribution is 5.97. The summed E-state index contributed by atoms with van der Waals surface area (Å²) >= 11 is 0. The van der Waals surface area contributed by atoms with Gasteiger partial charge in [0.05, 0.1) is 17.2 Å². The summed E-state index contributed by atoms with van der Waals surface area (Å²) in [7, 11) is 0. The molecule has 0 aliphatic heterocycles. The molecule has 6 aromatic rings. The second kappa shape index (κ2) is 6.49. The Kier molecular flexibility index (Phi) is 3.63. The lowest BCUT2D eigenvalue weighted by atomic mass is 10.1. The third-order valence-corrected chi connectivity index (χ3v) is 5.20. The average molecular weight is 411 g/mol. The van der Waals surface area contributed by atoms with Crippen LogP contribution in [0.2, 0.25) is 0 Å². The number of rotatable bonds is 3. The van der Waals surface area contributed by atoms with Gasteiger partial charge in [0.1, 0.15) is 17.3 Å². The van der Waals surface area contributed by atoms with Crippen molar-refractivity contribution in [1.82, 2.24) is 35.3 Å². The molecule has 9 heteroatoms. The van der Waals surface area contributed by atoms with E-state index < -0.39 is 5.82 Å². The highest BCUT2D eigenvalue weighted by Crippen LogP contribution is 2.33. The van der Waals surface area contributed by atoms with Crippen LogP contribution in [0.15, 0.2) is 61.1 Å². The van der Waals surface area contributed by atoms with E-state index in [2.05, 4.69) is 35.3 Å². The van der Waals surface area contributed by atoms with E-state index in [1.165, 1.54) is 12.1 Å². The number of imidazole rings is 1. The molecule has 0 radical (unpaired) electrons. The number of aromatic nitrogens is 7. The van der Waals surface area contributed by atoms with Crippen molar-refractivity contribution in [3.05, 3.63) is 66.9 Å². The fraction of sp³-hybridized carbons (Fsp3) is 0. The molecule has 2 aromatic carbocycles. The van der Waals surface area contributed by atoms with Crippen LogP contribution in [-0.4, -0.2) is 40.5 Å². The minimum absolute atomic E-state index is 0.148. The third kappa shape index (κ3) is 2.83. The Labute approximate surface area is 173 Å². The predicted molar refractivity (Wildman–Crippen MR) is 114 cm³/mol. The molecule has 0 bridgehead atoms. The Bertz CT molecular complexity index is 1550. The van der Waals surface area contributed by atoms with Gasteiger partial charge in [0.25, 0.3) is 0 Å². The number of nitrogens with zero attached hydrogens (tertiary/aromatic N) is 4. The van der Waals surface area contributed by atoms with Gasteiger partial charge in [-0.15, -0.1) is 0 Å². The van der Waals surface area contributed by atoms with Crippen LogP contribution in [0.4, 0.5) is 4.39 Å². The topological polar surface area (TPSA) is 119 Å². The lowest BCUT2D eigenvalue weighted by molar-refractivity contribution is 0.469. The SMILES string of the molecule is Oc1cc(F)cc(-c2ccnc3nc(-c4n[nH]c5ccc(-c6cn[nH]c6)cc45)[nH]c23)c1. The first-order valence-corrected chi connectivity index (χ1v) is 9.48. The van der Waals surface area contributed by atoms with Crippen molar-refractivity contribution in [3.8, 4) is 39.5 Å². The summed E-state index contributed by atoms with van der Waals surface area (Å²) in [6.45, 7) is 0. The van der Waals surface area contributed by atoms with Gasteiger partial charge in [-0.1, -0.05) is 6.07 Å². The molecule has 6 rings (SSSR count). The summed E-state index contributed by atoms with van der Waals surface area (Å²) in [6, 6.07) is 11.6. The van der Waals surface area contributed by atoms with E-state index in [1.54, 1.807) is 18.5 Å². The van der Waals surface area contributed by atoms with Crippen LogP contribution >= 0.6 is 0 Å². The summed E-state index contributed by atoms with van der Waals surface area (Å²) < 4.78 is 13.8. The molecule has 0 spiro atoms. The number of benzene rings is 2. The molecular formula is C22H14FN7O. The smallest absolute Gasteiger partial charge is 0.178 e. The number of H-pyrrole nitrogens is 3. The molecule has 8 nitrogen and oxygen atoms in total. The van der Waals surface area contributed by atoms with Crippen molar-refractivity contribution < 1.29 is 9.50 Å². The van der Waals surface area contributed by atoms with E-state index in [1.807, 2.05) is 24.4 Å². The van der Waals surface area contributed by atoms with Gasteiger partial charge in [0.2, 0.25) is 0 Å². The van der Waals surface area contributed by atoms with E-state index in [0.717, 1.165) is 28.1 Å². The Hall–Kier alpha value is -4.53. The number of halogens is 1. The minimum Gasteiger partial charge on any atom is -0.508 e. The standard InChI is InChI=1S/C22H14FN7O/c23-14-5-12(6-15(31)8-14)16-3-4-24-21-19(16)27-22(28-21)20-17-7-11(13-9-25-26-10-13)1-2-18(17)29-30-20/h1-10,31H,(H,25,26)(H,29,30)(H,24,27,28). The number of phenolic OH excluding ortho intramolecular Hbond substituents is 1. The van der Waals surface area contributed by atoms with Crippen molar-refractivity contribution in [2.45, 2.75) is 0 Å². The number of aromatic hydroxyl groups is 1. The van der Waals surface area contributed by atoms with Crippen LogP contribution in [-0.2, 0) is 0 Å². The summed E-state index contributed by atoms with van der Waals surface area (Å²) in [4.78, 5) is 12.2. The number of hydrogen-bond acceptors (Lipinski definition) is 5. The van der Waals surface area contributed by atoms with Gasteiger partial charge in [0, 0.05) is 35.0 Å². The Morgan fingerprint density at radius 3 is 2.74 bits per heavy atom. The number of pyridine rings is 1. The monoisotopic (exact) mass is 411 g/mol. The molecule has 4 N–H and O–H groups in total. The second-order valence-corrected chi connectivity index (χ2v) is 7.16. The van der Waals surface area contributed by atoms with Crippen LogP contribution in [0.5, 0.6) is 5.75 Å². The van der Waals surface area contributed by atoms with Crippen LogP contribution in [0.25, 0.3) is 55.8 Å². The van der Waals surface area contributed by atoms with E-state index >= 15 is 0 Å². The van der Waals surface area contributed by atoms with Crippen molar-refractivity contribution in [3.63, 3.8) is 0 Å². The van der Waals surface area contributed by atoms with Crippen molar-refractivity contribution >= 4 is 22.1 Å². The fourth-order valence-electron chi connectivity index (χ4n) is 3.78. The molecule has 0 aliphatic carbocycles. The van der Waals surface area contributed by atoms with Gasteiger partial charge >= 0.3 is 0 Å². The largest absolute Gasteiger partial charge is 0.508 e. The van der Waals surface area contributed by atoms with Crippen LogP contribution in [0, 0.1) is 5.82 Å². The minimum atomic E-state index is -0.523. The van der Waals surface area contributed by atoms with Crippen molar-refractivity contribution in [1.29, 1.82) is 0 Å². The van der Waals surface area contributed by atoms with E-state index in [9.17, 15) is 9.50 Å². The molecule has 0 aliphatic rings. The number of aromatic amines is 3. The molecule has 4 aromatic heterocycles. The van der Waals surface area contributed by atoms with Gasteiger partial charge < -0.3 is 10.1 Å². The molecule has 0 amide bonds. The first-order chi connectivity index (χ1) is 15.2. The van der Waals surface area contributed by atoms with Crippen LogP contribution < -0.4 is 0 Å². The fourth-order valence-corrected chi connectivity index (χ4v) is 3.78. The molecule has 0 saturated carbocycles. The quantitative estimate of drug-likeness (QED) is 0.344. The maximum Gasteiger partial charge on any atom is 0.178 e. The third-order valence-electron chi connectivity index (χ3n) is 5.20. The van der Waals surface area contributed by atoms with Crippen molar-refractivity contribution in [2.75, 3.05) is 0 Å². The van der Waals surface area contributed by atoms with Crippen LogP contribution in [0.1, 0.15) is 0 Å². The summed E-state index contributed by atoms with van der Waals surface area (Å²) in [5.41, 5.74) is 5.77. The first-order valence-electron chi connectivity index (χ1n) is 9.48. The average Bonchev–Trinajstić information content (AvgIpc) is 3.50. The lowest BCUT2D eigenvalue weighted by Gasteiger charge is -2.04. The summed E-state index contributed by atoms with van der Waals surface area (Å²) in [5.74, 6) is -0.138. The molecule has 31 heavy (non-hydrogen) atoms. The number of hydrogen-bond donors (Lipinski definition) is 4. The number of nitrogens with one attached hydrogen (secondary N) is 3. The zero-order valence-electron chi connectivity index (χ0n) is 15.9. The number of fused-ring (bicyclic) bond motifs is 2. The molecule has 4 heterocycles. The van der Waals surface area contributed by atoms with E-state index in [4.69, 9.17) is 0 Å². The van der Waals surface area contributed by atoms with Gasteiger partial charge in [-0.3, -0.25) is 10.2 Å².